The van der Waals surface area contributed by atoms with Crippen molar-refractivity contribution in [1.29, 1.82) is 0 Å². The molecule has 0 bridgehead atoms. The summed E-state index contributed by atoms with van der Waals surface area (Å²) in [7, 11) is 1.37. The van der Waals surface area contributed by atoms with E-state index in [0.717, 1.165) is 11.1 Å². The van der Waals surface area contributed by atoms with E-state index in [1.807, 2.05) is 36.4 Å². The van der Waals surface area contributed by atoms with Gasteiger partial charge in [-0.2, -0.15) is 0 Å². The van der Waals surface area contributed by atoms with E-state index in [9.17, 15) is 9.59 Å². The van der Waals surface area contributed by atoms with Crippen molar-refractivity contribution in [3.63, 3.8) is 0 Å². The highest BCUT2D eigenvalue weighted by molar-refractivity contribution is 5.92. The van der Waals surface area contributed by atoms with E-state index in [1.54, 1.807) is 12.1 Å². The van der Waals surface area contributed by atoms with E-state index in [2.05, 4.69) is 0 Å². The number of aryl methyl sites for hydroxylation is 1. The van der Waals surface area contributed by atoms with Gasteiger partial charge in [0.05, 0.1) is 18.2 Å². The zero-order valence-electron chi connectivity index (χ0n) is 13.0. The van der Waals surface area contributed by atoms with E-state index in [-0.39, 0.29) is 18.0 Å². The van der Waals surface area contributed by atoms with Crippen LogP contribution in [-0.4, -0.2) is 25.2 Å². The van der Waals surface area contributed by atoms with Crippen molar-refractivity contribution in [2.75, 3.05) is 7.11 Å². The van der Waals surface area contributed by atoms with Crippen LogP contribution in [0.2, 0.25) is 0 Å². The predicted molar refractivity (Wildman–Crippen MR) is 85.5 cm³/mol. The zero-order valence-corrected chi connectivity index (χ0v) is 13.0. The third kappa shape index (κ3) is 3.26. The molecule has 0 aromatic heterocycles. The zero-order chi connectivity index (χ0) is 16.2. The Labute approximate surface area is 135 Å². The molecule has 0 N–H and O–H groups in total. The molecule has 0 radical (unpaired) electrons. The summed E-state index contributed by atoms with van der Waals surface area (Å²) in [4.78, 5) is 23.8. The smallest absolute Gasteiger partial charge is 0.338 e. The highest BCUT2D eigenvalue weighted by Crippen LogP contribution is 2.24. The van der Waals surface area contributed by atoms with Gasteiger partial charge in [0.25, 0.3) is 0 Å². The second-order valence-electron chi connectivity index (χ2n) is 5.58. The van der Waals surface area contributed by atoms with Crippen LogP contribution in [-0.2, 0) is 22.3 Å². The van der Waals surface area contributed by atoms with Gasteiger partial charge < -0.3 is 9.47 Å². The van der Waals surface area contributed by atoms with E-state index >= 15 is 0 Å². The first kappa shape index (κ1) is 15.3. The largest absolute Gasteiger partial charge is 0.465 e. The van der Waals surface area contributed by atoms with Gasteiger partial charge in [-0.25, -0.2) is 9.59 Å². The first-order valence-corrected chi connectivity index (χ1v) is 7.64. The molecule has 4 heteroatoms. The van der Waals surface area contributed by atoms with Crippen molar-refractivity contribution in [2.24, 2.45) is 0 Å². The topological polar surface area (TPSA) is 52.6 Å². The summed E-state index contributed by atoms with van der Waals surface area (Å²) in [5.41, 5.74) is 3.15. The number of carbonyl (C=O) groups is 2. The number of hydrogen-bond acceptors (Lipinski definition) is 4. The molecule has 23 heavy (non-hydrogen) atoms. The number of esters is 2. The fourth-order valence-corrected chi connectivity index (χ4v) is 2.92. The predicted octanol–water partition coefficient (Wildman–Crippen LogP) is 3.19. The molecular weight excluding hydrogens is 292 g/mol. The average molecular weight is 310 g/mol. The van der Waals surface area contributed by atoms with Crippen LogP contribution in [0.25, 0.3) is 0 Å². The lowest BCUT2D eigenvalue weighted by molar-refractivity contribution is 0.0237. The van der Waals surface area contributed by atoms with Gasteiger partial charge >= 0.3 is 11.9 Å². The summed E-state index contributed by atoms with van der Waals surface area (Å²) >= 11 is 0. The van der Waals surface area contributed by atoms with Crippen LogP contribution in [0.4, 0.5) is 0 Å². The standard InChI is InChI=1S/C19H18O4/c1-22-18(20)16-8-4-2-6-13(16)10-11-15-12-14-7-3-5-9-17(14)19(21)23-15/h2-9,15H,10-12H2,1H3. The molecule has 1 heterocycles. The number of carbonyl (C=O) groups excluding carboxylic acids is 2. The summed E-state index contributed by atoms with van der Waals surface area (Å²) in [6, 6.07) is 14.9. The van der Waals surface area contributed by atoms with Gasteiger partial charge in [0, 0.05) is 6.42 Å². The van der Waals surface area contributed by atoms with E-state index in [0.29, 0.717) is 30.4 Å². The molecule has 0 spiro atoms. The van der Waals surface area contributed by atoms with E-state index in [4.69, 9.17) is 9.47 Å². The molecule has 1 aliphatic rings. The van der Waals surface area contributed by atoms with Gasteiger partial charge in [-0.1, -0.05) is 36.4 Å². The number of fused-ring (bicyclic) bond motifs is 1. The molecule has 0 aliphatic carbocycles. The Bertz CT molecular complexity index is 736. The number of cyclic esters (lactones) is 1. The molecule has 0 fully saturated rings. The maximum Gasteiger partial charge on any atom is 0.338 e. The molecule has 118 valence electrons. The number of rotatable bonds is 4. The third-order valence-corrected chi connectivity index (χ3v) is 4.12. The van der Waals surface area contributed by atoms with Crippen LogP contribution >= 0.6 is 0 Å². The lowest BCUT2D eigenvalue weighted by Crippen LogP contribution is -2.28. The highest BCUT2D eigenvalue weighted by atomic mass is 16.5. The monoisotopic (exact) mass is 310 g/mol. The minimum absolute atomic E-state index is 0.164. The molecule has 2 aromatic rings. The molecule has 0 saturated carbocycles. The van der Waals surface area contributed by atoms with Crippen molar-refractivity contribution < 1.29 is 19.1 Å². The first-order chi connectivity index (χ1) is 11.2. The van der Waals surface area contributed by atoms with Crippen molar-refractivity contribution in [2.45, 2.75) is 25.4 Å². The minimum Gasteiger partial charge on any atom is -0.465 e. The lowest BCUT2D eigenvalue weighted by atomic mass is 9.94. The second kappa shape index (κ2) is 6.65. The molecule has 1 atom stereocenters. The van der Waals surface area contributed by atoms with Crippen molar-refractivity contribution in [3.05, 3.63) is 70.8 Å². The first-order valence-electron chi connectivity index (χ1n) is 7.64. The van der Waals surface area contributed by atoms with Gasteiger partial charge in [0.2, 0.25) is 0 Å². The van der Waals surface area contributed by atoms with Crippen LogP contribution in [0.5, 0.6) is 0 Å². The molecule has 1 aliphatic heterocycles. The Kier molecular flexibility index (Phi) is 4.42. The Morgan fingerprint density at radius 2 is 1.91 bits per heavy atom. The number of benzene rings is 2. The van der Waals surface area contributed by atoms with Crippen LogP contribution in [0.1, 0.15) is 38.3 Å². The van der Waals surface area contributed by atoms with Crippen molar-refractivity contribution >= 4 is 11.9 Å². The number of hydrogen-bond donors (Lipinski definition) is 0. The molecule has 2 aromatic carbocycles. The fraction of sp³-hybridized carbons (Fsp3) is 0.263. The Hall–Kier alpha value is -2.62. The number of ether oxygens (including phenoxy) is 2. The lowest BCUT2D eigenvalue weighted by Gasteiger charge is -2.24. The van der Waals surface area contributed by atoms with Crippen LogP contribution in [0.3, 0.4) is 0 Å². The Morgan fingerprint density at radius 3 is 2.74 bits per heavy atom. The van der Waals surface area contributed by atoms with Crippen molar-refractivity contribution in [1.82, 2.24) is 0 Å². The van der Waals surface area contributed by atoms with Gasteiger partial charge in [-0.05, 0) is 36.1 Å². The summed E-state index contributed by atoms with van der Waals surface area (Å²) < 4.78 is 10.3. The third-order valence-electron chi connectivity index (χ3n) is 4.12. The van der Waals surface area contributed by atoms with Crippen LogP contribution in [0, 0.1) is 0 Å². The molecular formula is C19H18O4. The molecule has 1 unspecified atom stereocenters. The summed E-state index contributed by atoms with van der Waals surface area (Å²) in [6.45, 7) is 0. The quantitative estimate of drug-likeness (QED) is 0.814. The van der Waals surface area contributed by atoms with Gasteiger partial charge in [-0.15, -0.1) is 0 Å². The maximum atomic E-state index is 12.0. The van der Waals surface area contributed by atoms with Crippen molar-refractivity contribution in [3.8, 4) is 0 Å². The summed E-state index contributed by atoms with van der Waals surface area (Å²) in [6.07, 6.45) is 1.88. The normalized spacial score (nSPS) is 16.4. The Balaban J connectivity index is 1.71. The van der Waals surface area contributed by atoms with E-state index < -0.39 is 0 Å². The fourth-order valence-electron chi connectivity index (χ4n) is 2.92. The molecule has 4 nitrogen and oxygen atoms in total. The molecule has 0 amide bonds. The number of methoxy groups -OCH3 is 1. The van der Waals surface area contributed by atoms with Gasteiger partial charge in [0.1, 0.15) is 6.10 Å². The molecule has 0 saturated heterocycles. The average Bonchev–Trinajstić information content (AvgIpc) is 2.59. The van der Waals surface area contributed by atoms with Gasteiger partial charge in [0.15, 0.2) is 0 Å². The second-order valence-corrected chi connectivity index (χ2v) is 5.58. The van der Waals surface area contributed by atoms with Crippen LogP contribution in [0.15, 0.2) is 48.5 Å². The summed E-state index contributed by atoms with van der Waals surface area (Å²) in [5.74, 6) is -0.607. The maximum absolute atomic E-state index is 12.0. The summed E-state index contributed by atoms with van der Waals surface area (Å²) in [5, 5.41) is 0. The van der Waals surface area contributed by atoms with E-state index in [1.165, 1.54) is 7.11 Å². The SMILES string of the molecule is COC(=O)c1ccccc1CCC1Cc2ccccc2C(=O)O1. The van der Waals surface area contributed by atoms with Crippen LogP contribution < -0.4 is 0 Å². The molecule has 3 rings (SSSR count). The Morgan fingerprint density at radius 1 is 1.17 bits per heavy atom. The minimum atomic E-state index is -0.341. The van der Waals surface area contributed by atoms with Gasteiger partial charge in [-0.3, -0.25) is 0 Å². The highest BCUT2D eigenvalue weighted by Gasteiger charge is 2.26.